The molecule has 0 saturated heterocycles. The Labute approximate surface area is 100 Å². The van der Waals surface area contributed by atoms with Gasteiger partial charge in [0.2, 0.25) is 0 Å². The molecule has 1 N–H and O–H groups in total. The maximum absolute atomic E-state index is 11.7. The molecule has 0 amide bonds. The minimum Gasteiger partial charge on any atom is -0.464 e. The summed E-state index contributed by atoms with van der Waals surface area (Å²) in [6, 6.07) is 3.86. The first kappa shape index (κ1) is 13.5. The zero-order valence-corrected chi connectivity index (χ0v) is 10.9. The van der Waals surface area contributed by atoms with Crippen LogP contribution in [0.2, 0.25) is 0 Å². The van der Waals surface area contributed by atoms with Crippen molar-refractivity contribution < 1.29 is 8.63 Å². The predicted molar refractivity (Wildman–Crippen MR) is 67.7 cm³/mol. The Hall–Kier alpha value is -0.610. The largest absolute Gasteiger partial charge is 0.464 e. The highest BCUT2D eigenvalue weighted by Crippen LogP contribution is 2.11. The first-order valence-corrected chi connectivity index (χ1v) is 7.32. The minimum atomic E-state index is -0.777. The third-order valence-electron chi connectivity index (χ3n) is 2.35. The number of furan rings is 1. The van der Waals surface area contributed by atoms with Gasteiger partial charge in [0.1, 0.15) is 11.5 Å². The van der Waals surface area contributed by atoms with Crippen LogP contribution in [0.5, 0.6) is 0 Å². The third-order valence-corrected chi connectivity index (χ3v) is 3.70. The Bertz CT molecular complexity index is 323. The molecule has 3 nitrogen and oxygen atoms in total. The van der Waals surface area contributed by atoms with Gasteiger partial charge in [-0.2, -0.15) is 0 Å². The lowest BCUT2D eigenvalue weighted by atomic mass is 10.3. The molecule has 1 aromatic rings. The first-order chi connectivity index (χ1) is 7.76. The Morgan fingerprint density at radius 2 is 2.06 bits per heavy atom. The van der Waals surface area contributed by atoms with Crippen molar-refractivity contribution in [1.29, 1.82) is 0 Å². The summed E-state index contributed by atoms with van der Waals surface area (Å²) in [5.74, 6) is 3.08. The Balaban J connectivity index is 2.31. The van der Waals surface area contributed by atoms with Crippen molar-refractivity contribution in [3.8, 4) is 0 Å². The van der Waals surface area contributed by atoms with Gasteiger partial charge in [0.05, 0.1) is 12.3 Å². The molecule has 0 spiro atoms. The molecular weight excluding hydrogens is 222 g/mol. The predicted octanol–water partition coefficient (Wildman–Crippen LogP) is 2.44. The molecule has 0 bridgehead atoms. The van der Waals surface area contributed by atoms with E-state index >= 15 is 0 Å². The van der Waals surface area contributed by atoms with Gasteiger partial charge in [-0.3, -0.25) is 4.21 Å². The summed E-state index contributed by atoms with van der Waals surface area (Å²) in [5, 5.41) is 3.02. The number of rotatable bonds is 8. The molecule has 16 heavy (non-hydrogen) atoms. The molecule has 0 aromatic carbocycles. The van der Waals surface area contributed by atoms with E-state index in [1.54, 1.807) is 0 Å². The molecule has 0 aliphatic rings. The monoisotopic (exact) mass is 243 g/mol. The van der Waals surface area contributed by atoms with E-state index in [1.807, 2.05) is 19.2 Å². The average Bonchev–Trinajstić information content (AvgIpc) is 2.66. The molecule has 1 atom stereocenters. The molecule has 0 aliphatic carbocycles. The number of hydrogen-bond acceptors (Lipinski definition) is 3. The van der Waals surface area contributed by atoms with Crippen LogP contribution >= 0.6 is 0 Å². The zero-order chi connectivity index (χ0) is 11.8. The molecular formula is C12H21NO2S. The summed E-state index contributed by atoms with van der Waals surface area (Å²) in [6.07, 6.45) is 3.38. The van der Waals surface area contributed by atoms with Crippen LogP contribution in [-0.4, -0.2) is 17.0 Å². The average molecular weight is 243 g/mol. The second-order valence-electron chi connectivity index (χ2n) is 3.89. The fraction of sp³-hybridized carbons (Fsp3) is 0.667. The topological polar surface area (TPSA) is 42.2 Å². The Kier molecular flexibility index (Phi) is 6.42. The minimum absolute atomic E-state index is 0.549. The molecule has 0 fully saturated rings. The number of unbranched alkanes of at least 4 members (excludes halogenated alkanes) is 2. The maximum Gasteiger partial charge on any atom is 0.117 e. The normalized spacial score (nSPS) is 12.9. The van der Waals surface area contributed by atoms with Gasteiger partial charge in [-0.15, -0.1) is 0 Å². The van der Waals surface area contributed by atoms with Crippen LogP contribution in [0.3, 0.4) is 0 Å². The lowest BCUT2D eigenvalue weighted by molar-refractivity contribution is 0.467. The fourth-order valence-electron chi connectivity index (χ4n) is 1.51. The third kappa shape index (κ3) is 4.94. The van der Waals surface area contributed by atoms with E-state index in [2.05, 4.69) is 12.2 Å². The second-order valence-corrected chi connectivity index (χ2v) is 5.47. The van der Waals surface area contributed by atoms with Crippen molar-refractivity contribution in [3.05, 3.63) is 23.7 Å². The van der Waals surface area contributed by atoms with Crippen molar-refractivity contribution in [2.45, 2.75) is 38.5 Å². The molecule has 0 radical (unpaired) electrons. The van der Waals surface area contributed by atoms with Gasteiger partial charge in [0.25, 0.3) is 0 Å². The SMILES string of the molecule is CCCCCS(=O)Cc1ccc(CNC)o1. The standard InChI is InChI=1S/C12H21NO2S/c1-3-4-5-8-16(14)10-12-7-6-11(15-12)9-13-2/h6-7,13H,3-5,8-10H2,1-2H3. The Morgan fingerprint density at radius 1 is 1.31 bits per heavy atom. The van der Waals surface area contributed by atoms with Crippen LogP contribution in [0.15, 0.2) is 16.5 Å². The van der Waals surface area contributed by atoms with Crippen molar-refractivity contribution in [3.63, 3.8) is 0 Å². The maximum atomic E-state index is 11.7. The molecule has 1 unspecified atom stereocenters. The van der Waals surface area contributed by atoms with Crippen LogP contribution in [0.25, 0.3) is 0 Å². The van der Waals surface area contributed by atoms with Crippen molar-refractivity contribution >= 4 is 10.8 Å². The lowest BCUT2D eigenvalue weighted by Gasteiger charge is -1.99. The molecule has 1 aromatic heterocycles. The molecule has 0 aliphatic heterocycles. The van der Waals surface area contributed by atoms with E-state index in [9.17, 15) is 4.21 Å². The van der Waals surface area contributed by atoms with E-state index in [4.69, 9.17) is 4.42 Å². The molecule has 4 heteroatoms. The summed E-state index contributed by atoms with van der Waals surface area (Å²) in [5.41, 5.74) is 0. The van der Waals surface area contributed by atoms with E-state index in [0.29, 0.717) is 5.75 Å². The molecule has 1 rings (SSSR count). The molecule has 1 heterocycles. The summed E-state index contributed by atoms with van der Waals surface area (Å²) in [6.45, 7) is 2.88. The van der Waals surface area contributed by atoms with Gasteiger partial charge < -0.3 is 9.73 Å². The van der Waals surface area contributed by atoms with E-state index in [1.165, 1.54) is 6.42 Å². The van der Waals surface area contributed by atoms with Crippen LogP contribution in [0, 0.1) is 0 Å². The van der Waals surface area contributed by atoms with Crippen LogP contribution in [-0.2, 0) is 23.1 Å². The molecule has 0 saturated carbocycles. The summed E-state index contributed by atoms with van der Waals surface area (Å²) < 4.78 is 17.2. The summed E-state index contributed by atoms with van der Waals surface area (Å²) in [7, 11) is 1.10. The van der Waals surface area contributed by atoms with Gasteiger partial charge >= 0.3 is 0 Å². The summed E-state index contributed by atoms with van der Waals surface area (Å²) >= 11 is 0. The van der Waals surface area contributed by atoms with Gasteiger partial charge in [0, 0.05) is 16.6 Å². The van der Waals surface area contributed by atoms with E-state index in [0.717, 1.165) is 36.7 Å². The fourth-order valence-corrected chi connectivity index (χ4v) is 2.66. The Morgan fingerprint density at radius 3 is 2.75 bits per heavy atom. The summed E-state index contributed by atoms with van der Waals surface area (Å²) in [4.78, 5) is 0. The van der Waals surface area contributed by atoms with E-state index < -0.39 is 10.8 Å². The highest BCUT2D eigenvalue weighted by molar-refractivity contribution is 7.84. The van der Waals surface area contributed by atoms with Gasteiger partial charge in [-0.25, -0.2) is 0 Å². The lowest BCUT2D eigenvalue weighted by Crippen LogP contribution is -2.03. The van der Waals surface area contributed by atoms with Crippen LogP contribution in [0.4, 0.5) is 0 Å². The second kappa shape index (κ2) is 7.63. The van der Waals surface area contributed by atoms with Crippen molar-refractivity contribution in [2.75, 3.05) is 12.8 Å². The number of hydrogen-bond donors (Lipinski definition) is 1. The first-order valence-electron chi connectivity index (χ1n) is 5.83. The quantitative estimate of drug-likeness (QED) is 0.713. The van der Waals surface area contributed by atoms with Gasteiger partial charge in [0.15, 0.2) is 0 Å². The van der Waals surface area contributed by atoms with Crippen LogP contribution in [0.1, 0.15) is 37.7 Å². The molecule has 92 valence electrons. The van der Waals surface area contributed by atoms with Crippen LogP contribution < -0.4 is 5.32 Å². The number of nitrogens with one attached hydrogen (secondary N) is 1. The van der Waals surface area contributed by atoms with Gasteiger partial charge in [-0.05, 0) is 25.6 Å². The van der Waals surface area contributed by atoms with Crippen molar-refractivity contribution in [2.24, 2.45) is 0 Å². The highest BCUT2D eigenvalue weighted by Gasteiger charge is 2.06. The highest BCUT2D eigenvalue weighted by atomic mass is 32.2. The van der Waals surface area contributed by atoms with E-state index in [-0.39, 0.29) is 0 Å². The van der Waals surface area contributed by atoms with Gasteiger partial charge in [-0.1, -0.05) is 19.8 Å². The van der Waals surface area contributed by atoms with Crippen molar-refractivity contribution in [1.82, 2.24) is 5.32 Å². The zero-order valence-electron chi connectivity index (χ0n) is 10.1. The smallest absolute Gasteiger partial charge is 0.117 e.